The van der Waals surface area contributed by atoms with Gasteiger partial charge in [0.1, 0.15) is 5.82 Å². The lowest BCUT2D eigenvalue weighted by Crippen LogP contribution is -2.38. The summed E-state index contributed by atoms with van der Waals surface area (Å²) in [5.74, 6) is -0.193. The fraction of sp³-hybridized carbons (Fsp3) is 0.500. The number of carbonyl (C=O) groups excluding carboxylic acids is 1. The highest BCUT2D eigenvalue weighted by Gasteiger charge is 2.22. The van der Waals surface area contributed by atoms with E-state index in [1.807, 2.05) is 0 Å². The highest BCUT2D eigenvalue weighted by atomic mass is 32.1. The number of hydrogen-bond acceptors (Lipinski definition) is 2. The summed E-state index contributed by atoms with van der Waals surface area (Å²) >= 11 is 4.13. The second-order valence-corrected chi connectivity index (χ2v) is 5.62. The Morgan fingerprint density at radius 2 is 2.22 bits per heavy atom. The SMILES string of the molecule is CC1CCCC(NC(=O)c2cc(S)ccc2F)C1. The van der Waals surface area contributed by atoms with Crippen molar-refractivity contribution in [1.29, 1.82) is 0 Å². The summed E-state index contributed by atoms with van der Waals surface area (Å²) in [7, 11) is 0. The molecular formula is C14H18FNOS. The molecule has 1 N–H and O–H groups in total. The van der Waals surface area contributed by atoms with Gasteiger partial charge in [-0.3, -0.25) is 4.79 Å². The summed E-state index contributed by atoms with van der Waals surface area (Å²) in [6.45, 7) is 2.19. The topological polar surface area (TPSA) is 29.1 Å². The van der Waals surface area contributed by atoms with Gasteiger partial charge in [0.2, 0.25) is 0 Å². The Morgan fingerprint density at radius 3 is 2.94 bits per heavy atom. The summed E-state index contributed by atoms with van der Waals surface area (Å²) in [6, 6.07) is 4.46. The quantitative estimate of drug-likeness (QED) is 0.790. The molecule has 0 bridgehead atoms. The van der Waals surface area contributed by atoms with Crippen LogP contribution in [0.4, 0.5) is 4.39 Å². The summed E-state index contributed by atoms with van der Waals surface area (Å²) in [4.78, 5) is 12.6. The molecule has 0 heterocycles. The first-order valence-electron chi connectivity index (χ1n) is 6.35. The molecule has 0 spiro atoms. The van der Waals surface area contributed by atoms with E-state index in [1.165, 1.54) is 24.6 Å². The zero-order chi connectivity index (χ0) is 13.1. The van der Waals surface area contributed by atoms with Crippen molar-refractivity contribution < 1.29 is 9.18 Å². The summed E-state index contributed by atoms with van der Waals surface area (Å²) in [5, 5.41) is 2.92. The van der Waals surface area contributed by atoms with Crippen molar-refractivity contribution in [2.45, 2.75) is 43.5 Å². The number of hydrogen-bond donors (Lipinski definition) is 2. The Kier molecular flexibility index (Phi) is 4.27. The standard InChI is InChI=1S/C14H18FNOS/c1-9-3-2-4-10(7-9)16-14(17)12-8-11(18)5-6-13(12)15/h5-6,8-10,18H,2-4,7H2,1H3,(H,16,17). The van der Waals surface area contributed by atoms with E-state index in [-0.39, 0.29) is 17.5 Å². The molecule has 2 nitrogen and oxygen atoms in total. The number of amides is 1. The lowest BCUT2D eigenvalue weighted by atomic mass is 9.87. The average Bonchev–Trinajstić information content (AvgIpc) is 2.32. The Balaban J connectivity index is 2.05. The van der Waals surface area contributed by atoms with E-state index < -0.39 is 5.82 Å². The fourth-order valence-corrected chi connectivity index (χ4v) is 2.72. The molecule has 0 aromatic heterocycles. The third-order valence-electron chi connectivity index (χ3n) is 3.47. The minimum Gasteiger partial charge on any atom is -0.349 e. The van der Waals surface area contributed by atoms with Crippen LogP contribution in [0.1, 0.15) is 43.0 Å². The summed E-state index contributed by atoms with van der Waals surface area (Å²) in [6.07, 6.45) is 4.31. The van der Waals surface area contributed by atoms with Gasteiger partial charge in [0.15, 0.2) is 0 Å². The van der Waals surface area contributed by atoms with E-state index in [1.54, 1.807) is 0 Å². The van der Waals surface area contributed by atoms with Gasteiger partial charge in [0.25, 0.3) is 5.91 Å². The van der Waals surface area contributed by atoms with Crippen LogP contribution in [0.5, 0.6) is 0 Å². The van der Waals surface area contributed by atoms with E-state index in [4.69, 9.17) is 0 Å². The van der Waals surface area contributed by atoms with Crippen molar-refractivity contribution in [3.05, 3.63) is 29.6 Å². The molecule has 98 valence electrons. The van der Waals surface area contributed by atoms with Gasteiger partial charge in [-0.1, -0.05) is 19.8 Å². The van der Waals surface area contributed by atoms with Crippen LogP contribution in [0.3, 0.4) is 0 Å². The van der Waals surface area contributed by atoms with E-state index in [0.29, 0.717) is 10.8 Å². The molecular weight excluding hydrogens is 249 g/mol. The maximum absolute atomic E-state index is 13.6. The van der Waals surface area contributed by atoms with Crippen LogP contribution in [0.15, 0.2) is 23.1 Å². The lowest BCUT2D eigenvalue weighted by molar-refractivity contribution is 0.0917. The van der Waals surface area contributed by atoms with Crippen molar-refractivity contribution in [2.24, 2.45) is 5.92 Å². The monoisotopic (exact) mass is 267 g/mol. The molecule has 1 aromatic rings. The molecule has 1 aliphatic rings. The zero-order valence-corrected chi connectivity index (χ0v) is 11.3. The van der Waals surface area contributed by atoms with E-state index in [0.717, 1.165) is 19.3 Å². The predicted molar refractivity (Wildman–Crippen MR) is 72.5 cm³/mol. The molecule has 1 aliphatic carbocycles. The maximum Gasteiger partial charge on any atom is 0.254 e. The molecule has 1 saturated carbocycles. The van der Waals surface area contributed by atoms with Crippen LogP contribution in [0, 0.1) is 11.7 Å². The van der Waals surface area contributed by atoms with Gasteiger partial charge in [-0.25, -0.2) is 4.39 Å². The second kappa shape index (κ2) is 5.74. The first-order chi connectivity index (χ1) is 8.56. The Labute approximate surface area is 112 Å². The fourth-order valence-electron chi connectivity index (χ4n) is 2.52. The second-order valence-electron chi connectivity index (χ2n) is 5.11. The normalized spacial score (nSPS) is 23.7. The van der Waals surface area contributed by atoms with Crippen LogP contribution in [0.25, 0.3) is 0 Å². The third kappa shape index (κ3) is 3.25. The van der Waals surface area contributed by atoms with E-state index >= 15 is 0 Å². The molecule has 2 atom stereocenters. The highest BCUT2D eigenvalue weighted by Crippen LogP contribution is 2.24. The van der Waals surface area contributed by atoms with Gasteiger partial charge < -0.3 is 5.32 Å². The largest absolute Gasteiger partial charge is 0.349 e. The van der Waals surface area contributed by atoms with Crippen LogP contribution in [0.2, 0.25) is 0 Å². The lowest BCUT2D eigenvalue weighted by Gasteiger charge is -2.27. The number of benzene rings is 1. The van der Waals surface area contributed by atoms with Gasteiger partial charge in [0, 0.05) is 10.9 Å². The minimum atomic E-state index is -0.492. The smallest absolute Gasteiger partial charge is 0.254 e. The molecule has 0 saturated heterocycles. The molecule has 2 unspecified atom stereocenters. The third-order valence-corrected chi connectivity index (χ3v) is 3.74. The molecule has 2 rings (SSSR count). The number of nitrogens with one attached hydrogen (secondary N) is 1. The van der Waals surface area contributed by atoms with E-state index in [9.17, 15) is 9.18 Å². The van der Waals surface area contributed by atoms with Crippen molar-refractivity contribution in [2.75, 3.05) is 0 Å². The Bertz CT molecular complexity index is 449. The molecule has 1 aromatic carbocycles. The molecule has 4 heteroatoms. The predicted octanol–water partition coefficient (Wildman–Crippen LogP) is 3.42. The van der Waals surface area contributed by atoms with Crippen molar-refractivity contribution in [1.82, 2.24) is 5.32 Å². The van der Waals surface area contributed by atoms with Gasteiger partial charge in [-0.05, 0) is 37.0 Å². The first-order valence-corrected chi connectivity index (χ1v) is 6.80. The number of halogens is 1. The Morgan fingerprint density at radius 1 is 1.44 bits per heavy atom. The number of carbonyl (C=O) groups is 1. The van der Waals surface area contributed by atoms with Crippen LogP contribution in [-0.2, 0) is 0 Å². The number of rotatable bonds is 2. The maximum atomic E-state index is 13.6. The van der Waals surface area contributed by atoms with Crippen LogP contribution in [-0.4, -0.2) is 11.9 Å². The zero-order valence-electron chi connectivity index (χ0n) is 10.4. The van der Waals surface area contributed by atoms with Crippen molar-refractivity contribution in [3.63, 3.8) is 0 Å². The van der Waals surface area contributed by atoms with Crippen LogP contribution < -0.4 is 5.32 Å². The summed E-state index contributed by atoms with van der Waals surface area (Å²) < 4.78 is 13.6. The Hall–Kier alpha value is -1.03. The number of thiol groups is 1. The van der Waals surface area contributed by atoms with Gasteiger partial charge in [-0.15, -0.1) is 12.6 Å². The van der Waals surface area contributed by atoms with E-state index in [2.05, 4.69) is 24.9 Å². The highest BCUT2D eigenvalue weighted by molar-refractivity contribution is 7.80. The van der Waals surface area contributed by atoms with Gasteiger partial charge in [0.05, 0.1) is 5.56 Å². The molecule has 1 amide bonds. The van der Waals surface area contributed by atoms with Crippen LogP contribution >= 0.6 is 12.6 Å². The molecule has 0 radical (unpaired) electrons. The van der Waals surface area contributed by atoms with Gasteiger partial charge in [-0.2, -0.15) is 0 Å². The molecule has 18 heavy (non-hydrogen) atoms. The molecule has 1 fully saturated rings. The summed E-state index contributed by atoms with van der Waals surface area (Å²) in [5.41, 5.74) is 0.0840. The van der Waals surface area contributed by atoms with Crippen molar-refractivity contribution >= 4 is 18.5 Å². The molecule has 0 aliphatic heterocycles. The van der Waals surface area contributed by atoms with Crippen molar-refractivity contribution in [3.8, 4) is 0 Å². The first kappa shape index (κ1) is 13.4. The average molecular weight is 267 g/mol. The minimum absolute atomic E-state index is 0.0840. The van der Waals surface area contributed by atoms with Gasteiger partial charge >= 0.3 is 0 Å².